The van der Waals surface area contributed by atoms with Gasteiger partial charge < -0.3 is 10.2 Å². The monoisotopic (exact) mass is 346 g/mol. The Kier molecular flexibility index (Phi) is 5.51. The van der Waals surface area contributed by atoms with E-state index in [1.807, 2.05) is 0 Å². The van der Waals surface area contributed by atoms with Gasteiger partial charge in [0.05, 0.1) is 0 Å². The smallest absolute Gasteiger partial charge is 0.0376 e. The van der Waals surface area contributed by atoms with Crippen LogP contribution in [0.3, 0.4) is 0 Å². The SMILES string of the molecule is C.CN1CCC[C@]1(C)CC1CNc2ccc(C3CCSCC3)cc21. The van der Waals surface area contributed by atoms with E-state index in [9.17, 15) is 0 Å². The van der Waals surface area contributed by atoms with Crippen LogP contribution in [0.1, 0.15) is 69.4 Å². The molecule has 3 aliphatic rings. The normalized spacial score (nSPS) is 30.7. The molecule has 2 saturated heterocycles. The van der Waals surface area contributed by atoms with Gasteiger partial charge in [0.15, 0.2) is 0 Å². The quantitative estimate of drug-likeness (QED) is 0.797. The number of fused-ring (bicyclic) bond motifs is 1. The van der Waals surface area contributed by atoms with Crippen molar-refractivity contribution in [3.8, 4) is 0 Å². The van der Waals surface area contributed by atoms with Gasteiger partial charge in [0.25, 0.3) is 0 Å². The number of hydrogen-bond donors (Lipinski definition) is 1. The van der Waals surface area contributed by atoms with Gasteiger partial charge in [-0.1, -0.05) is 19.6 Å². The van der Waals surface area contributed by atoms with E-state index in [4.69, 9.17) is 0 Å². The Morgan fingerprint density at radius 2 is 2.08 bits per heavy atom. The van der Waals surface area contributed by atoms with Crippen molar-refractivity contribution in [3.05, 3.63) is 29.3 Å². The zero-order valence-corrected chi connectivity index (χ0v) is 15.4. The maximum Gasteiger partial charge on any atom is 0.0376 e. The van der Waals surface area contributed by atoms with Crippen LogP contribution in [0.25, 0.3) is 0 Å². The van der Waals surface area contributed by atoms with E-state index in [2.05, 4.69) is 54.1 Å². The molecule has 0 saturated carbocycles. The Labute approximate surface area is 152 Å². The van der Waals surface area contributed by atoms with Gasteiger partial charge in [0.2, 0.25) is 0 Å². The molecule has 134 valence electrons. The molecular weight excluding hydrogens is 312 g/mol. The maximum atomic E-state index is 3.66. The van der Waals surface area contributed by atoms with Crippen LogP contribution in [0.15, 0.2) is 18.2 Å². The molecule has 3 heterocycles. The summed E-state index contributed by atoms with van der Waals surface area (Å²) in [6.07, 6.45) is 6.74. The molecule has 1 N–H and O–H groups in total. The molecular formula is C21H34N2S. The molecule has 0 aliphatic carbocycles. The average molecular weight is 347 g/mol. The number of benzene rings is 1. The molecule has 1 unspecified atom stereocenters. The van der Waals surface area contributed by atoms with Crippen molar-refractivity contribution < 1.29 is 0 Å². The zero-order chi connectivity index (χ0) is 15.9. The average Bonchev–Trinajstić information content (AvgIpc) is 3.12. The molecule has 1 aromatic rings. The molecule has 0 amide bonds. The second-order valence-corrected chi connectivity index (χ2v) is 9.26. The molecule has 0 aromatic heterocycles. The first-order valence-electron chi connectivity index (χ1n) is 9.32. The van der Waals surface area contributed by atoms with Crippen molar-refractivity contribution in [3.63, 3.8) is 0 Å². The summed E-state index contributed by atoms with van der Waals surface area (Å²) in [4.78, 5) is 2.59. The van der Waals surface area contributed by atoms with Gasteiger partial charge in [-0.2, -0.15) is 11.8 Å². The summed E-state index contributed by atoms with van der Waals surface area (Å²) in [7, 11) is 2.31. The lowest BCUT2D eigenvalue weighted by Gasteiger charge is -2.35. The Morgan fingerprint density at radius 1 is 1.29 bits per heavy atom. The van der Waals surface area contributed by atoms with Gasteiger partial charge in [0.1, 0.15) is 0 Å². The predicted octanol–water partition coefficient (Wildman–Crippen LogP) is 5.32. The minimum atomic E-state index is 0. The number of likely N-dealkylation sites (tertiary alicyclic amines) is 1. The summed E-state index contributed by atoms with van der Waals surface area (Å²) >= 11 is 2.12. The fourth-order valence-electron chi connectivity index (χ4n) is 4.84. The van der Waals surface area contributed by atoms with Crippen LogP contribution in [-0.2, 0) is 0 Å². The van der Waals surface area contributed by atoms with Gasteiger partial charge in [-0.05, 0) is 87.2 Å². The Morgan fingerprint density at radius 3 is 2.79 bits per heavy atom. The van der Waals surface area contributed by atoms with Gasteiger partial charge in [0, 0.05) is 23.7 Å². The van der Waals surface area contributed by atoms with Crippen molar-refractivity contribution in [2.45, 2.75) is 63.8 Å². The standard InChI is InChI=1S/C20H30N2S.CH4/c1-20(8-3-9-22(20)2)13-17-14-21-19-5-4-16(12-18(17)19)15-6-10-23-11-7-15;/h4-5,12,15,17,21H,3,6-11,13-14H2,1-2H3;1H4/t17?,20-;/m1./s1. The van der Waals surface area contributed by atoms with Crippen LogP contribution in [0.4, 0.5) is 5.69 Å². The Balaban J connectivity index is 0.00000169. The summed E-state index contributed by atoms with van der Waals surface area (Å²) in [5, 5.41) is 3.66. The second kappa shape index (κ2) is 7.29. The summed E-state index contributed by atoms with van der Waals surface area (Å²) in [5.74, 6) is 4.17. The number of nitrogens with one attached hydrogen (secondary N) is 1. The molecule has 0 bridgehead atoms. The Hall–Kier alpha value is -0.670. The summed E-state index contributed by atoms with van der Waals surface area (Å²) < 4.78 is 0. The van der Waals surface area contributed by atoms with Gasteiger partial charge >= 0.3 is 0 Å². The fourth-order valence-corrected chi connectivity index (χ4v) is 5.94. The van der Waals surface area contributed by atoms with E-state index in [1.165, 1.54) is 55.8 Å². The van der Waals surface area contributed by atoms with Gasteiger partial charge in [-0.3, -0.25) is 0 Å². The lowest BCUT2D eigenvalue weighted by atomic mass is 9.82. The highest BCUT2D eigenvalue weighted by molar-refractivity contribution is 7.99. The molecule has 2 fully saturated rings. The highest BCUT2D eigenvalue weighted by Gasteiger charge is 2.38. The predicted molar refractivity (Wildman–Crippen MR) is 109 cm³/mol. The zero-order valence-electron chi connectivity index (χ0n) is 14.6. The Bertz CT molecular complexity index is 567. The van der Waals surface area contributed by atoms with E-state index in [0.29, 0.717) is 11.5 Å². The van der Waals surface area contributed by atoms with Crippen molar-refractivity contribution in [2.24, 2.45) is 0 Å². The molecule has 3 heteroatoms. The first kappa shape index (κ1) is 18.1. The molecule has 2 atom stereocenters. The molecule has 2 nitrogen and oxygen atoms in total. The third-order valence-corrected chi connectivity index (χ3v) is 7.61. The first-order valence-corrected chi connectivity index (χ1v) is 10.5. The van der Waals surface area contributed by atoms with Crippen LogP contribution in [-0.4, -0.2) is 42.1 Å². The number of rotatable bonds is 3. The van der Waals surface area contributed by atoms with E-state index >= 15 is 0 Å². The van der Waals surface area contributed by atoms with E-state index in [1.54, 1.807) is 11.1 Å². The van der Waals surface area contributed by atoms with Crippen LogP contribution < -0.4 is 5.32 Å². The van der Waals surface area contributed by atoms with Crippen LogP contribution in [0, 0.1) is 0 Å². The molecule has 24 heavy (non-hydrogen) atoms. The van der Waals surface area contributed by atoms with Gasteiger partial charge in [-0.25, -0.2) is 0 Å². The van der Waals surface area contributed by atoms with Gasteiger partial charge in [-0.15, -0.1) is 0 Å². The van der Waals surface area contributed by atoms with Crippen molar-refractivity contribution in [1.29, 1.82) is 0 Å². The third kappa shape index (κ3) is 3.35. The largest absolute Gasteiger partial charge is 0.384 e. The molecule has 0 spiro atoms. The molecule has 3 aliphatic heterocycles. The number of nitrogens with zero attached hydrogens (tertiary/aromatic N) is 1. The summed E-state index contributed by atoms with van der Waals surface area (Å²) in [6.45, 7) is 4.87. The second-order valence-electron chi connectivity index (χ2n) is 8.04. The summed E-state index contributed by atoms with van der Waals surface area (Å²) in [5.41, 5.74) is 4.99. The minimum absolute atomic E-state index is 0. The fraction of sp³-hybridized carbons (Fsp3) is 0.714. The number of thioether (sulfide) groups is 1. The lowest BCUT2D eigenvalue weighted by Crippen LogP contribution is -2.39. The van der Waals surface area contributed by atoms with E-state index in [-0.39, 0.29) is 7.43 Å². The highest BCUT2D eigenvalue weighted by atomic mass is 32.2. The topological polar surface area (TPSA) is 15.3 Å². The first-order chi connectivity index (χ1) is 11.2. The summed E-state index contributed by atoms with van der Waals surface area (Å²) in [6, 6.07) is 7.30. The van der Waals surface area contributed by atoms with Crippen LogP contribution in [0.5, 0.6) is 0 Å². The molecule has 4 rings (SSSR count). The highest BCUT2D eigenvalue weighted by Crippen LogP contribution is 2.43. The third-order valence-electron chi connectivity index (χ3n) is 6.56. The van der Waals surface area contributed by atoms with Crippen molar-refractivity contribution in [1.82, 2.24) is 4.90 Å². The number of anilines is 1. The van der Waals surface area contributed by atoms with Crippen molar-refractivity contribution >= 4 is 17.4 Å². The minimum Gasteiger partial charge on any atom is -0.384 e. The van der Waals surface area contributed by atoms with Crippen molar-refractivity contribution in [2.75, 3.05) is 37.0 Å². The molecule has 1 aromatic carbocycles. The van der Waals surface area contributed by atoms with E-state index < -0.39 is 0 Å². The molecule has 0 radical (unpaired) electrons. The maximum absolute atomic E-state index is 3.66. The number of hydrogen-bond acceptors (Lipinski definition) is 3. The lowest BCUT2D eigenvalue weighted by molar-refractivity contribution is 0.173. The van der Waals surface area contributed by atoms with Crippen LogP contribution >= 0.6 is 11.8 Å². The van der Waals surface area contributed by atoms with E-state index in [0.717, 1.165) is 12.5 Å². The van der Waals surface area contributed by atoms with Crippen LogP contribution in [0.2, 0.25) is 0 Å².